The van der Waals surface area contributed by atoms with Crippen molar-refractivity contribution in [2.75, 3.05) is 11.4 Å². The molecule has 1 aromatic carbocycles. The van der Waals surface area contributed by atoms with Crippen molar-refractivity contribution >= 4 is 21.4 Å². The second-order valence-electron chi connectivity index (χ2n) is 5.63. The van der Waals surface area contributed by atoms with Crippen LogP contribution in [0.25, 0.3) is 0 Å². The number of fused-ring (bicyclic) bond motifs is 1. The molecule has 0 N–H and O–H groups in total. The van der Waals surface area contributed by atoms with E-state index in [2.05, 4.69) is 10.2 Å². The Morgan fingerprint density at radius 3 is 2.74 bits per heavy atom. The number of aryl methyl sites for hydroxylation is 2. The van der Waals surface area contributed by atoms with Gasteiger partial charge in [0.1, 0.15) is 11.6 Å². The first kappa shape index (κ1) is 15.7. The van der Waals surface area contributed by atoms with Crippen molar-refractivity contribution in [2.24, 2.45) is 7.05 Å². The van der Waals surface area contributed by atoms with Crippen molar-refractivity contribution in [1.82, 2.24) is 14.8 Å². The minimum absolute atomic E-state index is 0.191. The van der Waals surface area contributed by atoms with Crippen molar-refractivity contribution in [3.05, 3.63) is 36.2 Å². The summed E-state index contributed by atoms with van der Waals surface area (Å²) in [4.78, 5) is 14.4. The zero-order valence-corrected chi connectivity index (χ0v) is 13.8. The standard InChI is InChI=1S/C15H18N4O3S/c1-11(23(21,22)15-17-16-10-18(15)2)14(20)19-9-5-7-12-6-3-4-8-13(12)19/h3-4,6,8,10-11H,5,7,9H2,1-2H3/t11-/m0/s1. The summed E-state index contributed by atoms with van der Waals surface area (Å²) in [6, 6.07) is 7.60. The van der Waals surface area contributed by atoms with Crippen LogP contribution in [0.15, 0.2) is 35.7 Å². The maximum atomic E-state index is 12.8. The summed E-state index contributed by atoms with van der Waals surface area (Å²) in [5.74, 6) is -0.430. The summed E-state index contributed by atoms with van der Waals surface area (Å²) in [7, 11) is -2.34. The van der Waals surface area contributed by atoms with E-state index >= 15 is 0 Å². The summed E-state index contributed by atoms with van der Waals surface area (Å²) in [6.45, 7) is 1.93. The number of hydrogen-bond acceptors (Lipinski definition) is 5. The SMILES string of the molecule is C[C@@H](C(=O)N1CCCc2ccccc21)S(=O)(=O)c1nncn1C. The number of para-hydroxylation sites is 1. The fourth-order valence-corrected chi connectivity index (χ4v) is 4.12. The molecule has 23 heavy (non-hydrogen) atoms. The molecular formula is C15H18N4O3S. The lowest BCUT2D eigenvalue weighted by Crippen LogP contribution is -2.44. The van der Waals surface area contributed by atoms with Gasteiger partial charge in [0.15, 0.2) is 0 Å². The van der Waals surface area contributed by atoms with Gasteiger partial charge in [0, 0.05) is 19.3 Å². The van der Waals surface area contributed by atoms with Crippen LogP contribution in [0.3, 0.4) is 0 Å². The molecule has 3 rings (SSSR count). The molecule has 0 saturated heterocycles. The van der Waals surface area contributed by atoms with Crippen molar-refractivity contribution in [3.63, 3.8) is 0 Å². The van der Waals surface area contributed by atoms with Gasteiger partial charge in [-0.05, 0) is 31.4 Å². The van der Waals surface area contributed by atoms with E-state index in [9.17, 15) is 13.2 Å². The van der Waals surface area contributed by atoms with Crippen molar-refractivity contribution in [3.8, 4) is 0 Å². The fourth-order valence-electron chi connectivity index (χ4n) is 2.80. The largest absolute Gasteiger partial charge is 0.311 e. The molecule has 2 aromatic rings. The highest BCUT2D eigenvalue weighted by molar-refractivity contribution is 7.92. The average Bonchev–Trinajstić information content (AvgIpc) is 2.99. The van der Waals surface area contributed by atoms with E-state index in [1.807, 2.05) is 24.3 Å². The van der Waals surface area contributed by atoms with Gasteiger partial charge in [-0.15, -0.1) is 10.2 Å². The normalized spacial score (nSPS) is 16.0. The molecule has 0 unspecified atom stereocenters. The molecule has 1 atom stereocenters. The van der Waals surface area contributed by atoms with Gasteiger partial charge < -0.3 is 9.47 Å². The molecule has 0 fully saturated rings. The maximum absolute atomic E-state index is 12.8. The molecule has 0 aliphatic carbocycles. The second kappa shape index (κ2) is 5.77. The Morgan fingerprint density at radius 1 is 1.30 bits per heavy atom. The number of hydrogen-bond donors (Lipinski definition) is 0. The van der Waals surface area contributed by atoms with Crippen molar-refractivity contribution in [1.29, 1.82) is 0 Å². The van der Waals surface area contributed by atoms with Gasteiger partial charge in [0.2, 0.25) is 20.9 Å². The van der Waals surface area contributed by atoms with Crippen LogP contribution in [0.2, 0.25) is 0 Å². The molecule has 0 radical (unpaired) electrons. The number of nitrogens with zero attached hydrogens (tertiary/aromatic N) is 4. The Hall–Kier alpha value is -2.22. The Labute approximate surface area is 134 Å². The summed E-state index contributed by atoms with van der Waals surface area (Å²) in [5.41, 5.74) is 1.86. The molecule has 1 amide bonds. The number of anilines is 1. The lowest BCUT2D eigenvalue weighted by atomic mass is 10.0. The van der Waals surface area contributed by atoms with E-state index < -0.39 is 21.0 Å². The Bertz CT molecular complexity index is 844. The molecule has 0 saturated carbocycles. The number of amides is 1. The van der Waals surface area contributed by atoms with E-state index in [1.54, 1.807) is 11.9 Å². The zero-order chi connectivity index (χ0) is 16.6. The lowest BCUT2D eigenvalue weighted by Gasteiger charge is -2.31. The zero-order valence-electron chi connectivity index (χ0n) is 13.0. The minimum atomic E-state index is -3.88. The third-order valence-corrected chi connectivity index (χ3v) is 6.12. The van der Waals surface area contributed by atoms with Crippen LogP contribution in [0.1, 0.15) is 18.9 Å². The van der Waals surface area contributed by atoms with Crippen molar-refractivity contribution < 1.29 is 13.2 Å². The van der Waals surface area contributed by atoms with Crippen LogP contribution >= 0.6 is 0 Å². The smallest absolute Gasteiger partial charge is 0.250 e. The van der Waals surface area contributed by atoms with Crippen LogP contribution in [0.4, 0.5) is 5.69 Å². The Morgan fingerprint density at radius 2 is 2.04 bits per heavy atom. The quantitative estimate of drug-likeness (QED) is 0.834. The summed E-state index contributed by atoms with van der Waals surface area (Å²) in [6.07, 6.45) is 3.02. The van der Waals surface area contributed by atoms with Gasteiger partial charge in [-0.2, -0.15) is 0 Å². The Balaban J connectivity index is 1.94. The van der Waals surface area contributed by atoms with Gasteiger partial charge in [0.05, 0.1) is 0 Å². The average molecular weight is 334 g/mol. The monoisotopic (exact) mass is 334 g/mol. The van der Waals surface area contributed by atoms with Gasteiger partial charge in [-0.1, -0.05) is 18.2 Å². The second-order valence-corrected chi connectivity index (χ2v) is 7.80. The van der Waals surface area contributed by atoms with Crippen LogP contribution in [0, 0.1) is 0 Å². The minimum Gasteiger partial charge on any atom is -0.311 e. The van der Waals surface area contributed by atoms with Crippen LogP contribution in [-0.2, 0) is 28.1 Å². The molecule has 8 heteroatoms. The molecule has 0 spiro atoms. The third kappa shape index (κ3) is 2.63. The number of sulfone groups is 1. The molecule has 122 valence electrons. The van der Waals surface area contributed by atoms with E-state index in [0.717, 1.165) is 24.1 Å². The predicted molar refractivity (Wildman–Crippen MR) is 84.8 cm³/mol. The van der Waals surface area contributed by atoms with Crippen LogP contribution in [-0.4, -0.2) is 40.9 Å². The summed E-state index contributed by atoms with van der Waals surface area (Å²) < 4.78 is 26.6. The summed E-state index contributed by atoms with van der Waals surface area (Å²) in [5, 5.41) is 5.82. The molecule has 2 heterocycles. The first-order chi connectivity index (χ1) is 10.9. The van der Waals surface area contributed by atoms with E-state index in [-0.39, 0.29) is 5.16 Å². The van der Waals surface area contributed by atoms with Crippen LogP contribution in [0.5, 0.6) is 0 Å². The van der Waals surface area contributed by atoms with E-state index in [0.29, 0.717) is 6.54 Å². The highest BCUT2D eigenvalue weighted by atomic mass is 32.2. The molecule has 1 aliphatic heterocycles. The highest BCUT2D eigenvalue weighted by Crippen LogP contribution is 2.28. The molecule has 1 aromatic heterocycles. The number of rotatable bonds is 3. The van der Waals surface area contributed by atoms with Gasteiger partial charge >= 0.3 is 0 Å². The molecule has 1 aliphatic rings. The lowest BCUT2D eigenvalue weighted by molar-refractivity contribution is -0.118. The number of aromatic nitrogens is 3. The highest BCUT2D eigenvalue weighted by Gasteiger charge is 2.37. The van der Waals surface area contributed by atoms with Gasteiger partial charge in [-0.25, -0.2) is 8.42 Å². The summed E-state index contributed by atoms with van der Waals surface area (Å²) >= 11 is 0. The Kier molecular flexibility index (Phi) is 3.93. The first-order valence-corrected chi connectivity index (χ1v) is 8.94. The predicted octanol–water partition coefficient (Wildman–Crippen LogP) is 0.957. The van der Waals surface area contributed by atoms with Crippen LogP contribution < -0.4 is 4.90 Å². The van der Waals surface area contributed by atoms with Crippen molar-refractivity contribution in [2.45, 2.75) is 30.2 Å². The van der Waals surface area contributed by atoms with Gasteiger partial charge in [0.25, 0.3) is 0 Å². The number of carbonyl (C=O) groups excluding carboxylic acids is 1. The topological polar surface area (TPSA) is 85.2 Å². The fraction of sp³-hybridized carbons (Fsp3) is 0.400. The first-order valence-electron chi connectivity index (χ1n) is 7.40. The number of carbonyl (C=O) groups is 1. The number of benzene rings is 1. The van der Waals surface area contributed by atoms with E-state index in [4.69, 9.17) is 0 Å². The molecule has 7 nitrogen and oxygen atoms in total. The third-order valence-electron chi connectivity index (χ3n) is 4.11. The van der Waals surface area contributed by atoms with E-state index in [1.165, 1.54) is 17.8 Å². The molecule has 0 bridgehead atoms. The van der Waals surface area contributed by atoms with Gasteiger partial charge in [-0.3, -0.25) is 4.79 Å². The maximum Gasteiger partial charge on any atom is 0.250 e. The molecular weight excluding hydrogens is 316 g/mol.